The zero-order valence-electron chi connectivity index (χ0n) is 8.79. The van der Waals surface area contributed by atoms with Gasteiger partial charge in [0.1, 0.15) is 6.10 Å². The average Bonchev–Trinajstić information content (AvgIpc) is 2.60. The van der Waals surface area contributed by atoms with Gasteiger partial charge in [-0.05, 0) is 37.0 Å². The largest absolute Gasteiger partial charge is 0.462 e. The second-order valence-corrected chi connectivity index (χ2v) is 4.76. The monoisotopic (exact) mass is 218 g/mol. The van der Waals surface area contributed by atoms with E-state index in [-0.39, 0.29) is 24.4 Å². The van der Waals surface area contributed by atoms with Gasteiger partial charge in [-0.15, -0.1) is 0 Å². The fourth-order valence-corrected chi connectivity index (χ4v) is 3.22. The highest BCUT2D eigenvalue weighted by atomic mass is 19.3. The molecule has 2 bridgehead atoms. The van der Waals surface area contributed by atoms with Crippen LogP contribution in [-0.4, -0.2) is 18.5 Å². The van der Waals surface area contributed by atoms with Crippen molar-refractivity contribution in [1.82, 2.24) is 0 Å². The number of alkyl halides is 2. The minimum Gasteiger partial charge on any atom is -0.462 e. The summed E-state index contributed by atoms with van der Waals surface area (Å²) in [5, 5.41) is 0. The molecule has 0 aromatic carbocycles. The van der Waals surface area contributed by atoms with Crippen LogP contribution in [-0.2, 0) is 9.53 Å². The Morgan fingerprint density at radius 1 is 1.33 bits per heavy atom. The van der Waals surface area contributed by atoms with Gasteiger partial charge in [-0.1, -0.05) is 0 Å². The maximum Gasteiger partial charge on any atom is 0.302 e. The standard InChI is InChI=1S/C11H16F2O2/c1-6(14)15-10-4-7-2-9(10)3-8(7)5-11(12)13/h7-11H,2-5H2,1H3. The summed E-state index contributed by atoms with van der Waals surface area (Å²) in [5.74, 6) is 0.593. The summed E-state index contributed by atoms with van der Waals surface area (Å²) in [6.07, 6.45) is 0.403. The first kappa shape index (κ1) is 10.8. The number of fused-ring (bicyclic) bond motifs is 2. The lowest BCUT2D eigenvalue weighted by atomic mass is 9.85. The minimum absolute atomic E-state index is 0.00132. The zero-order valence-corrected chi connectivity index (χ0v) is 8.79. The van der Waals surface area contributed by atoms with Crippen LogP contribution in [0.2, 0.25) is 0 Å². The third kappa shape index (κ3) is 2.29. The molecular weight excluding hydrogens is 202 g/mol. The Balaban J connectivity index is 1.86. The van der Waals surface area contributed by atoms with E-state index in [1.54, 1.807) is 0 Å². The molecule has 0 aliphatic heterocycles. The lowest BCUT2D eigenvalue weighted by Gasteiger charge is -2.27. The van der Waals surface area contributed by atoms with Crippen LogP contribution >= 0.6 is 0 Å². The highest BCUT2D eigenvalue weighted by Crippen LogP contribution is 2.51. The average molecular weight is 218 g/mol. The third-order valence-electron chi connectivity index (χ3n) is 3.74. The lowest BCUT2D eigenvalue weighted by molar-refractivity contribution is -0.149. The van der Waals surface area contributed by atoms with Crippen LogP contribution in [0.1, 0.15) is 32.6 Å². The first-order chi connectivity index (χ1) is 7.06. The molecule has 0 amide bonds. The van der Waals surface area contributed by atoms with Crippen LogP contribution in [0, 0.1) is 17.8 Å². The second kappa shape index (κ2) is 4.06. The maximum atomic E-state index is 12.2. The van der Waals surface area contributed by atoms with Gasteiger partial charge in [0.2, 0.25) is 6.43 Å². The third-order valence-corrected chi connectivity index (χ3v) is 3.74. The summed E-state index contributed by atoms with van der Waals surface area (Å²) in [7, 11) is 0. The predicted molar refractivity (Wildman–Crippen MR) is 50.5 cm³/mol. The molecule has 2 aliphatic rings. The fourth-order valence-electron chi connectivity index (χ4n) is 3.22. The lowest BCUT2D eigenvalue weighted by Crippen LogP contribution is -2.27. The van der Waals surface area contributed by atoms with Crippen LogP contribution in [0.15, 0.2) is 0 Å². The number of halogens is 2. The molecule has 0 spiro atoms. The van der Waals surface area contributed by atoms with E-state index in [1.807, 2.05) is 0 Å². The molecule has 0 radical (unpaired) electrons. The van der Waals surface area contributed by atoms with Gasteiger partial charge >= 0.3 is 5.97 Å². The van der Waals surface area contributed by atoms with E-state index < -0.39 is 6.43 Å². The summed E-state index contributed by atoms with van der Waals surface area (Å²) in [5.41, 5.74) is 0. The van der Waals surface area contributed by atoms with Crippen LogP contribution in [0.5, 0.6) is 0 Å². The van der Waals surface area contributed by atoms with Crippen LogP contribution in [0.25, 0.3) is 0 Å². The fraction of sp³-hybridized carbons (Fsp3) is 0.909. The molecule has 0 aromatic heterocycles. The van der Waals surface area contributed by atoms with Crippen LogP contribution in [0.4, 0.5) is 8.78 Å². The highest BCUT2D eigenvalue weighted by Gasteiger charge is 2.47. The minimum atomic E-state index is -2.19. The summed E-state index contributed by atoms with van der Waals surface area (Å²) in [6.45, 7) is 1.41. The Morgan fingerprint density at radius 3 is 2.53 bits per heavy atom. The molecule has 4 atom stereocenters. The van der Waals surface area contributed by atoms with Gasteiger partial charge in [0.15, 0.2) is 0 Å². The number of hydrogen-bond donors (Lipinski definition) is 0. The van der Waals surface area contributed by atoms with Crippen LogP contribution in [0.3, 0.4) is 0 Å². The topological polar surface area (TPSA) is 26.3 Å². The first-order valence-electron chi connectivity index (χ1n) is 5.51. The van der Waals surface area contributed by atoms with Gasteiger partial charge in [-0.2, -0.15) is 0 Å². The molecule has 4 heteroatoms. The number of esters is 1. The number of carbonyl (C=O) groups excluding carboxylic acids is 1. The molecule has 15 heavy (non-hydrogen) atoms. The smallest absolute Gasteiger partial charge is 0.302 e. The Hall–Kier alpha value is -0.670. The molecule has 2 aliphatic carbocycles. The molecule has 86 valence electrons. The van der Waals surface area contributed by atoms with Gasteiger partial charge in [-0.25, -0.2) is 8.78 Å². The van der Waals surface area contributed by atoms with Gasteiger partial charge in [0.05, 0.1) is 0 Å². The number of hydrogen-bond acceptors (Lipinski definition) is 2. The van der Waals surface area contributed by atoms with Crippen molar-refractivity contribution in [3.63, 3.8) is 0 Å². The summed E-state index contributed by atoms with van der Waals surface area (Å²) < 4.78 is 29.6. The number of carbonyl (C=O) groups is 1. The Labute approximate surface area is 88.0 Å². The molecular formula is C11H16F2O2. The van der Waals surface area contributed by atoms with Crippen molar-refractivity contribution >= 4 is 5.97 Å². The molecule has 0 saturated heterocycles. The summed E-state index contributed by atoms with van der Waals surface area (Å²) in [4.78, 5) is 10.8. The van der Waals surface area contributed by atoms with E-state index in [0.29, 0.717) is 11.8 Å². The molecule has 2 rings (SSSR count). The summed E-state index contributed by atoms with van der Waals surface area (Å²) in [6, 6.07) is 0. The highest BCUT2D eigenvalue weighted by molar-refractivity contribution is 5.66. The van der Waals surface area contributed by atoms with E-state index in [9.17, 15) is 13.6 Å². The molecule has 0 heterocycles. The zero-order chi connectivity index (χ0) is 11.0. The molecule has 2 fully saturated rings. The van der Waals surface area contributed by atoms with E-state index >= 15 is 0 Å². The van der Waals surface area contributed by atoms with E-state index in [0.717, 1.165) is 19.3 Å². The van der Waals surface area contributed by atoms with Gasteiger partial charge in [0, 0.05) is 13.3 Å². The normalized spacial score (nSPS) is 38.7. The van der Waals surface area contributed by atoms with Crippen molar-refractivity contribution in [1.29, 1.82) is 0 Å². The molecule has 4 unspecified atom stereocenters. The SMILES string of the molecule is CC(=O)OC1CC2CC1CC2CC(F)F. The Morgan fingerprint density at radius 2 is 2.07 bits per heavy atom. The Kier molecular flexibility index (Phi) is 2.94. The molecule has 0 N–H and O–H groups in total. The molecule has 0 aromatic rings. The number of rotatable bonds is 3. The van der Waals surface area contributed by atoms with Crippen molar-refractivity contribution in [2.24, 2.45) is 17.8 Å². The maximum absolute atomic E-state index is 12.2. The van der Waals surface area contributed by atoms with Gasteiger partial charge < -0.3 is 4.74 Å². The van der Waals surface area contributed by atoms with E-state index in [2.05, 4.69) is 0 Å². The first-order valence-corrected chi connectivity index (χ1v) is 5.51. The van der Waals surface area contributed by atoms with E-state index in [4.69, 9.17) is 4.74 Å². The van der Waals surface area contributed by atoms with E-state index in [1.165, 1.54) is 6.92 Å². The predicted octanol–water partition coefficient (Wildman–Crippen LogP) is 2.62. The van der Waals surface area contributed by atoms with Crippen molar-refractivity contribution in [2.75, 3.05) is 0 Å². The second-order valence-electron chi connectivity index (χ2n) is 4.76. The van der Waals surface area contributed by atoms with Gasteiger partial charge in [-0.3, -0.25) is 4.79 Å². The molecule has 2 nitrogen and oxygen atoms in total. The van der Waals surface area contributed by atoms with Crippen molar-refractivity contribution in [2.45, 2.75) is 45.1 Å². The quantitative estimate of drug-likeness (QED) is 0.681. The van der Waals surface area contributed by atoms with Crippen LogP contribution < -0.4 is 0 Å². The molecule has 2 saturated carbocycles. The van der Waals surface area contributed by atoms with Crippen molar-refractivity contribution < 1.29 is 18.3 Å². The Bertz CT molecular complexity index is 255. The van der Waals surface area contributed by atoms with Gasteiger partial charge in [0.25, 0.3) is 0 Å². The van der Waals surface area contributed by atoms with Crippen molar-refractivity contribution in [3.8, 4) is 0 Å². The number of ether oxygens (including phenoxy) is 1. The van der Waals surface area contributed by atoms with Crippen molar-refractivity contribution in [3.05, 3.63) is 0 Å². The summed E-state index contributed by atoms with van der Waals surface area (Å²) >= 11 is 0.